The first-order valence-electron chi connectivity index (χ1n) is 7.20. The lowest BCUT2D eigenvalue weighted by molar-refractivity contribution is 0.0209. The number of rotatable bonds is 14. The summed E-state index contributed by atoms with van der Waals surface area (Å²) in [6.45, 7) is 11.9. The molecule has 0 rings (SSSR count). The van der Waals surface area contributed by atoms with Gasteiger partial charge in [-0.15, -0.1) is 0 Å². The molecule has 0 aliphatic heterocycles. The Balaban J connectivity index is 3.13. The topological polar surface area (TPSA) is 43.0 Å². The fourth-order valence-corrected chi connectivity index (χ4v) is 1.46. The first kappa shape index (κ1) is 18.8. The Kier molecular flexibility index (Phi) is 14.1. The van der Waals surface area contributed by atoms with Gasteiger partial charge in [-0.1, -0.05) is 13.8 Å². The summed E-state index contributed by atoms with van der Waals surface area (Å²) in [4.78, 5) is 2.28. The maximum atomic E-state index is 5.50. The summed E-state index contributed by atoms with van der Waals surface area (Å²) >= 11 is 0. The molecule has 5 nitrogen and oxygen atoms in total. The molecule has 0 radical (unpaired) electrons. The van der Waals surface area contributed by atoms with Crippen LogP contribution in [0, 0.1) is 5.92 Å². The number of hydrogen-bond donors (Lipinski definition) is 1. The summed E-state index contributed by atoms with van der Waals surface area (Å²) in [5.41, 5.74) is 0. The van der Waals surface area contributed by atoms with Crippen molar-refractivity contribution < 1.29 is 14.2 Å². The van der Waals surface area contributed by atoms with E-state index in [1.165, 1.54) is 0 Å². The van der Waals surface area contributed by atoms with Crippen LogP contribution in [-0.2, 0) is 14.2 Å². The normalized spacial score (nSPS) is 11.7. The second-order valence-electron chi connectivity index (χ2n) is 5.12. The van der Waals surface area contributed by atoms with Crippen LogP contribution in [0.15, 0.2) is 0 Å². The number of hydrogen-bond acceptors (Lipinski definition) is 5. The molecule has 19 heavy (non-hydrogen) atoms. The van der Waals surface area contributed by atoms with Gasteiger partial charge in [-0.25, -0.2) is 0 Å². The van der Waals surface area contributed by atoms with Gasteiger partial charge >= 0.3 is 0 Å². The summed E-state index contributed by atoms with van der Waals surface area (Å²) in [5.74, 6) is 0.715. The lowest BCUT2D eigenvalue weighted by Crippen LogP contribution is -2.33. The number of nitrogens with zero attached hydrogens (tertiary/aromatic N) is 1. The molecule has 0 aliphatic carbocycles. The van der Waals surface area contributed by atoms with Crippen LogP contribution >= 0.6 is 0 Å². The fraction of sp³-hybridized carbons (Fsp3) is 1.00. The molecular formula is C14H32N2O3. The molecule has 0 aromatic heterocycles. The third-order valence-corrected chi connectivity index (χ3v) is 2.64. The molecule has 0 saturated heterocycles. The van der Waals surface area contributed by atoms with E-state index < -0.39 is 0 Å². The van der Waals surface area contributed by atoms with Gasteiger partial charge in [-0.2, -0.15) is 0 Å². The molecule has 5 heteroatoms. The summed E-state index contributed by atoms with van der Waals surface area (Å²) in [6.07, 6.45) is 0. The minimum atomic E-state index is 0.640. The van der Waals surface area contributed by atoms with Gasteiger partial charge in [0.2, 0.25) is 0 Å². The third-order valence-electron chi connectivity index (χ3n) is 2.64. The van der Waals surface area contributed by atoms with Crippen molar-refractivity contribution in [1.29, 1.82) is 0 Å². The number of methoxy groups -OCH3 is 1. The smallest absolute Gasteiger partial charge is 0.0701 e. The van der Waals surface area contributed by atoms with Crippen LogP contribution in [-0.4, -0.2) is 78.3 Å². The first-order valence-corrected chi connectivity index (χ1v) is 7.20. The zero-order valence-corrected chi connectivity index (χ0v) is 13.1. The predicted octanol–water partition coefficient (Wildman–Crippen LogP) is 0.843. The van der Waals surface area contributed by atoms with Crippen LogP contribution in [0.2, 0.25) is 0 Å². The van der Waals surface area contributed by atoms with Crippen LogP contribution < -0.4 is 5.32 Å². The van der Waals surface area contributed by atoms with Crippen LogP contribution in [0.1, 0.15) is 13.8 Å². The lowest BCUT2D eigenvalue weighted by Gasteiger charge is -2.17. The van der Waals surface area contributed by atoms with E-state index in [4.69, 9.17) is 14.2 Å². The monoisotopic (exact) mass is 276 g/mol. The van der Waals surface area contributed by atoms with Crippen LogP contribution in [0.25, 0.3) is 0 Å². The summed E-state index contributed by atoms with van der Waals surface area (Å²) in [5, 5.41) is 3.43. The van der Waals surface area contributed by atoms with E-state index in [1.54, 1.807) is 7.11 Å². The molecule has 0 fully saturated rings. The Morgan fingerprint density at radius 3 is 2.21 bits per heavy atom. The largest absolute Gasteiger partial charge is 0.382 e. The molecule has 116 valence electrons. The highest BCUT2D eigenvalue weighted by atomic mass is 16.5. The van der Waals surface area contributed by atoms with Crippen molar-refractivity contribution in [3.63, 3.8) is 0 Å². The number of ether oxygens (including phenoxy) is 3. The zero-order valence-electron chi connectivity index (χ0n) is 13.1. The zero-order chi connectivity index (χ0) is 14.3. The van der Waals surface area contributed by atoms with Crippen molar-refractivity contribution >= 4 is 0 Å². The molecule has 1 N–H and O–H groups in total. The van der Waals surface area contributed by atoms with Crippen molar-refractivity contribution in [2.45, 2.75) is 13.8 Å². The highest BCUT2D eigenvalue weighted by Gasteiger charge is 1.99. The van der Waals surface area contributed by atoms with E-state index >= 15 is 0 Å². The summed E-state index contributed by atoms with van der Waals surface area (Å²) < 4.78 is 15.7. The maximum Gasteiger partial charge on any atom is 0.0701 e. The summed E-state index contributed by atoms with van der Waals surface area (Å²) in [6, 6.07) is 0. The first-order chi connectivity index (χ1) is 9.16. The lowest BCUT2D eigenvalue weighted by atomic mass is 10.2. The molecule has 0 aromatic carbocycles. The molecule has 0 unspecified atom stereocenters. The molecular weight excluding hydrogens is 244 g/mol. The highest BCUT2D eigenvalue weighted by Crippen LogP contribution is 1.87. The van der Waals surface area contributed by atoms with Crippen molar-refractivity contribution in [2.75, 3.05) is 73.4 Å². The standard InChI is InChI=1S/C14H32N2O3/c1-14(2)13-15-5-6-16(3)7-8-18-11-12-19-10-9-17-4/h14-15H,5-13H2,1-4H3. The van der Waals surface area contributed by atoms with Gasteiger partial charge in [0.15, 0.2) is 0 Å². The molecule has 0 aliphatic rings. The Labute approximate surface area is 118 Å². The predicted molar refractivity (Wildman–Crippen MR) is 78.7 cm³/mol. The number of nitrogens with one attached hydrogen (secondary N) is 1. The molecule has 0 amide bonds. The second kappa shape index (κ2) is 14.2. The van der Waals surface area contributed by atoms with E-state index in [0.717, 1.165) is 32.8 Å². The third kappa shape index (κ3) is 15.7. The average Bonchev–Trinajstić information content (AvgIpc) is 2.37. The molecule has 0 saturated carbocycles. The van der Waals surface area contributed by atoms with Gasteiger partial charge in [0, 0.05) is 26.7 Å². The van der Waals surface area contributed by atoms with Gasteiger partial charge in [-0.05, 0) is 19.5 Å². The van der Waals surface area contributed by atoms with Crippen molar-refractivity contribution in [3.05, 3.63) is 0 Å². The van der Waals surface area contributed by atoms with Crippen LogP contribution in [0.4, 0.5) is 0 Å². The van der Waals surface area contributed by atoms with E-state index in [9.17, 15) is 0 Å². The molecule has 0 spiro atoms. The van der Waals surface area contributed by atoms with E-state index in [0.29, 0.717) is 32.3 Å². The van der Waals surface area contributed by atoms with Crippen LogP contribution in [0.5, 0.6) is 0 Å². The highest BCUT2D eigenvalue weighted by molar-refractivity contribution is 4.56. The second-order valence-corrected chi connectivity index (χ2v) is 5.12. The molecule has 0 bridgehead atoms. The maximum absolute atomic E-state index is 5.50. The van der Waals surface area contributed by atoms with Gasteiger partial charge < -0.3 is 24.4 Å². The van der Waals surface area contributed by atoms with E-state index in [2.05, 4.69) is 31.1 Å². The average molecular weight is 276 g/mol. The minimum Gasteiger partial charge on any atom is -0.382 e. The summed E-state index contributed by atoms with van der Waals surface area (Å²) in [7, 11) is 3.79. The Bertz CT molecular complexity index is 180. The van der Waals surface area contributed by atoms with Gasteiger partial charge in [0.05, 0.1) is 33.0 Å². The molecule has 0 atom stereocenters. The van der Waals surface area contributed by atoms with Gasteiger partial charge in [0.25, 0.3) is 0 Å². The Hall–Kier alpha value is -0.200. The van der Waals surface area contributed by atoms with Crippen molar-refractivity contribution in [2.24, 2.45) is 5.92 Å². The van der Waals surface area contributed by atoms with Crippen LogP contribution in [0.3, 0.4) is 0 Å². The molecule has 0 heterocycles. The quantitative estimate of drug-likeness (QED) is 0.476. The fourth-order valence-electron chi connectivity index (χ4n) is 1.46. The van der Waals surface area contributed by atoms with Crippen molar-refractivity contribution in [3.8, 4) is 0 Å². The Morgan fingerprint density at radius 1 is 0.947 bits per heavy atom. The number of likely N-dealkylation sites (N-methyl/N-ethyl adjacent to an activating group) is 1. The van der Waals surface area contributed by atoms with Gasteiger partial charge in [-0.3, -0.25) is 0 Å². The van der Waals surface area contributed by atoms with E-state index in [1.807, 2.05) is 0 Å². The SMILES string of the molecule is COCCOCCOCCN(C)CCNCC(C)C. The Morgan fingerprint density at radius 2 is 1.58 bits per heavy atom. The molecule has 0 aromatic rings. The van der Waals surface area contributed by atoms with Crippen molar-refractivity contribution in [1.82, 2.24) is 10.2 Å². The van der Waals surface area contributed by atoms with E-state index in [-0.39, 0.29) is 0 Å². The minimum absolute atomic E-state index is 0.640. The van der Waals surface area contributed by atoms with Gasteiger partial charge in [0.1, 0.15) is 0 Å².